The monoisotopic (exact) mass is 364 g/mol. The van der Waals surface area contributed by atoms with Crippen molar-refractivity contribution in [2.24, 2.45) is 12.0 Å². The van der Waals surface area contributed by atoms with Crippen molar-refractivity contribution in [2.45, 2.75) is 18.9 Å². The van der Waals surface area contributed by atoms with Gasteiger partial charge in [-0.2, -0.15) is 5.10 Å². The van der Waals surface area contributed by atoms with Gasteiger partial charge in [0, 0.05) is 45.0 Å². The number of guanidine groups is 1. The molecule has 3 aromatic rings. The van der Waals surface area contributed by atoms with E-state index in [4.69, 9.17) is 0 Å². The second-order valence-electron chi connectivity index (χ2n) is 6.73. The Morgan fingerprint density at radius 1 is 1.30 bits per heavy atom. The molecule has 0 radical (unpaired) electrons. The number of aliphatic imine (C=N–C) groups is 1. The van der Waals surface area contributed by atoms with Crippen LogP contribution in [0.25, 0.3) is 5.69 Å². The summed E-state index contributed by atoms with van der Waals surface area (Å²) in [6.45, 7) is 2.48. The minimum absolute atomic E-state index is 0.491. The molecule has 1 saturated heterocycles. The highest BCUT2D eigenvalue weighted by Gasteiger charge is 2.27. The SMILES string of the molecule is CN=C(NCc1nncn1-c1ccccc1)N1CCC(c2cnn(C)c2)C1. The lowest BCUT2D eigenvalue weighted by molar-refractivity contribution is 0.484. The third-order valence-electron chi connectivity index (χ3n) is 4.95. The molecule has 3 heterocycles. The van der Waals surface area contributed by atoms with Gasteiger partial charge in [0.25, 0.3) is 0 Å². The van der Waals surface area contributed by atoms with Gasteiger partial charge in [0.05, 0.1) is 12.7 Å². The van der Waals surface area contributed by atoms with E-state index in [1.807, 2.05) is 59.9 Å². The van der Waals surface area contributed by atoms with Crippen LogP contribution in [0.2, 0.25) is 0 Å². The van der Waals surface area contributed by atoms with Crippen molar-refractivity contribution in [2.75, 3.05) is 20.1 Å². The Kier molecular flexibility index (Phi) is 4.86. The van der Waals surface area contributed by atoms with E-state index >= 15 is 0 Å². The van der Waals surface area contributed by atoms with E-state index in [-0.39, 0.29) is 0 Å². The summed E-state index contributed by atoms with van der Waals surface area (Å²) in [6.07, 6.45) is 6.91. The maximum absolute atomic E-state index is 4.46. The van der Waals surface area contributed by atoms with Crippen molar-refractivity contribution in [3.63, 3.8) is 0 Å². The zero-order valence-electron chi connectivity index (χ0n) is 15.7. The standard InChI is InChI=1S/C19H24N8/c1-20-19(26-9-8-15(13-26)16-10-23-25(2)12-16)21-11-18-24-22-14-27(18)17-6-4-3-5-7-17/h3-7,10,12,14-15H,8-9,11,13H2,1-2H3,(H,20,21). The molecule has 1 N–H and O–H groups in total. The fourth-order valence-corrected chi connectivity index (χ4v) is 3.55. The number of nitrogens with one attached hydrogen (secondary N) is 1. The highest BCUT2D eigenvalue weighted by Crippen LogP contribution is 2.26. The van der Waals surface area contributed by atoms with Gasteiger partial charge in [-0.25, -0.2) is 0 Å². The lowest BCUT2D eigenvalue weighted by Crippen LogP contribution is -2.40. The van der Waals surface area contributed by atoms with Crippen LogP contribution in [0.3, 0.4) is 0 Å². The van der Waals surface area contributed by atoms with E-state index in [2.05, 4.69) is 36.7 Å². The smallest absolute Gasteiger partial charge is 0.194 e. The largest absolute Gasteiger partial charge is 0.349 e. The lowest BCUT2D eigenvalue weighted by atomic mass is 10.0. The summed E-state index contributed by atoms with van der Waals surface area (Å²) >= 11 is 0. The number of aromatic nitrogens is 5. The average molecular weight is 364 g/mol. The third kappa shape index (κ3) is 3.69. The second-order valence-corrected chi connectivity index (χ2v) is 6.73. The van der Waals surface area contributed by atoms with Crippen molar-refractivity contribution in [3.05, 3.63) is 60.4 Å². The predicted octanol–water partition coefficient (Wildman–Crippen LogP) is 1.57. The van der Waals surface area contributed by atoms with Crippen LogP contribution in [-0.2, 0) is 13.6 Å². The van der Waals surface area contributed by atoms with E-state index < -0.39 is 0 Å². The van der Waals surface area contributed by atoms with E-state index in [1.54, 1.807) is 6.33 Å². The number of benzene rings is 1. The lowest BCUT2D eigenvalue weighted by Gasteiger charge is -2.21. The van der Waals surface area contributed by atoms with Gasteiger partial charge >= 0.3 is 0 Å². The first-order valence-corrected chi connectivity index (χ1v) is 9.13. The fraction of sp³-hybridized carbons (Fsp3) is 0.368. The Hall–Kier alpha value is -3.16. The molecule has 0 saturated carbocycles. The minimum Gasteiger partial charge on any atom is -0.349 e. The summed E-state index contributed by atoms with van der Waals surface area (Å²) in [7, 11) is 3.78. The summed E-state index contributed by atoms with van der Waals surface area (Å²) in [5.41, 5.74) is 2.34. The number of para-hydroxylation sites is 1. The molecule has 1 atom stereocenters. The molecule has 2 aromatic heterocycles. The molecule has 1 aliphatic rings. The maximum Gasteiger partial charge on any atom is 0.194 e. The molecule has 0 spiro atoms. The molecule has 8 heteroatoms. The Morgan fingerprint density at radius 3 is 2.89 bits per heavy atom. The minimum atomic E-state index is 0.491. The van der Waals surface area contributed by atoms with Crippen molar-refractivity contribution in [3.8, 4) is 5.69 Å². The molecular formula is C19H24N8. The number of likely N-dealkylation sites (tertiary alicyclic amines) is 1. The third-order valence-corrected chi connectivity index (χ3v) is 4.95. The van der Waals surface area contributed by atoms with Gasteiger partial charge in [-0.1, -0.05) is 18.2 Å². The average Bonchev–Trinajstić information content (AvgIpc) is 3.43. The van der Waals surface area contributed by atoms with E-state index in [1.165, 1.54) is 5.56 Å². The van der Waals surface area contributed by atoms with Crippen LogP contribution in [0.5, 0.6) is 0 Å². The van der Waals surface area contributed by atoms with Gasteiger partial charge in [-0.3, -0.25) is 14.2 Å². The Morgan fingerprint density at radius 2 is 2.15 bits per heavy atom. The molecule has 1 fully saturated rings. The summed E-state index contributed by atoms with van der Waals surface area (Å²) in [5.74, 6) is 2.24. The van der Waals surface area contributed by atoms with Crippen LogP contribution >= 0.6 is 0 Å². The van der Waals surface area contributed by atoms with Gasteiger partial charge in [0.15, 0.2) is 11.8 Å². The molecule has 0 bridgehead atoms. The number of aryl methyl sites for hydroxylation is 1. The van der Waals surface area contributed by atoms with Crippen LogP contribution in [-0.4, -0.2) is 55.5 Å². The van der Waals surface area contributed by atoms with Crippen molar-refractivity contribution >= 4 is 5.96 Å². The van der Waals surface area contributed by atoms with E-state index in [9.17, 15) is 0 Å². The Bertz CT molecular complexity index is 911. The molecule has 0 amide bonds. The van der Waals surface area contributed by atoms with Gasteiger partial charge in [0.1, 0.15) is 6.33 Å². The molecule has 8 nitrogen and oxygen atoms in total. The summed E-state index contributed by atoms with van der Waals surface area (Å²) in [4.78, 5) is 6.75. The molecule has 27 heavy (non-hydrogen) atoms. The highest BCUT2D eigenvalue weighted by molar-refractivity contribution is 5.80. The van der Waals surface area contributed by atoms with Crippen LogP contribution in [0.4, 0.5) is 0 Å². The topological polar surface area (TPSA) is 76.2 Å². The first kappa shape index (κ1) is 17.3. The quantitative estimate of drug-likeness (QED) is 0.562. The van der Waals surface area contributed by atoms with Crippen LogP contribution in [0.1, 0.15) is 23.7 Å². The molecule has 1 aromatic carbocycles. The number of hydrogen-bond acceptors (Lipinski definition) is 4. The molecular weight excluding hydrogens is 340 g/mol. The molecule has 4 rings (SSSR count). The maximum atomic E-state index is 4.46. The first-order valence-electron chi connectivity index (χ1n) is 9.13. The second kappa shape index (κ2) is 7.61. The van der Waals surface area contributed by atoms with Crippen molar-refractivity contribution < 1.29 is 0 Å². The van der Waals surface area contributed by atoms with Gasteiger partial charge < -0.3 is 10.2 Å². The normalized spacial score (nSPS) is 17.5. The van der Waals surface area contributed by atoms with Crippen LogP contribution in [0.15, 0.2) is 54.0 Å². The molecule has 0 aliphatic carbocycles. The van der Waals surface area contributed by atoms with E-state index in [0.29, 0.717) is 12.5 Å². The number of rotatable bonds is 4. The van der Waals surface area contributed by atoms with Crippen LogP contribution in [0, 0.1) is 0 Å². The van der Waals surface area contributed by atoms with E-state index in [0.717, 1.165) is 37.0 Å². The molecule has 140 valence electrons. The zero-order chi connectivity index (χ0) is 18.6. The molecule has 1 aliphatic heterocycles. The predicted molar refractivity (Wildman–Crippen MR) is 104 cm³/mol. The summed E-state index contributed by atoms with van der Waals surface area (Å²) in [5, 5.41) is 16.0. The van der Waals surface area contributed by atoms with Crippen LogP contribution < -0.4 is 5.32 Å². The first-order chi connectivity index (χ1) is 13.2. The van der Waals surface area contributed by atoms with Gasteiger partial charge in [-0.05, 0) is 24.1 Å². The van der Waals surface area contributed by atoms with Gasteiger partial charge in [0.2, 0.25) is 0 Å². The Balaban J connectivity index is 1.40. The van der Waals surface area contributed by atoms with Gasteiger partial charge in [-0.15, -0.1) is 10.2 Å². The van der Waals surface area contributed by atoms with Crippen molar-refractivity contribution in [1.29, 1.82) is 0 Å². The number of nitrogens with zero attached hydrogens (tertiary/aromatic N) is 7. The highest BCUT2D eigenvalue weighted by atomic mass is 15.3. The summed E-state index contributed by atoms with van der Waals surface area (Å²) in [6, 6.07) is 10.1. The fourth-order valence-electron chi connectivity index (χ4n) is 3.55. The Labute approximate surface area is 158 Å². The number of hydrogen-bond donors (Lipinski definition) is 1. The summed E-state index contributed by atoms with van der Waals surface area (Å²) < 4.78 is 3.85. The molecule has 1 unspecified atom stereocenters. The van der Waals surface area contributed by atoms with Crippen molar-refractivity contribution in [1.82, 2.24) is 34.8 Å². The zero-order valence-corrected chi connectivity index (χ0v) is 15.7.